The van der Waals surface area contributed by atoms with Gasteiger partial charge in [0.05, 0.1) is 0 Å². The average molecular weight is 713 g/mol. The maximum absolute atomic E-state index is 5.45. The Bertz CT molecular complexity index is 2120. The second kappa shape index (κ2) is 13.6. The molecule has 0 spiro atoms. The molecule has 6 heteroatoms. The van der Waals surface area contributed by atoms with E-state index in [9.17, 15) is 0 Å². The van der Waals surface area contributed by atoms with Crippen LogP contribution in [0.5, 0.6) is 0 Å². The van der Waals surface area contributed by atoms with Crippen molar-refractivity contribution in [2.75, 3.05) is 5.32 Å². The Morgan fingerprint density at radius 1 is 0.500 bits per heavy atom. The Morgan fingerprint density at radius 2 is 0.860 bits per heavy atom. The third-order valence-electron chi connectivity index (χ3n) is 9.46. The van der Waals surface area contributed by atoms with Crippen LogP contribution in [0.25, 0.3) is 11.2 Å². The Balaban J connectivity index is 1.43. The first-order valence-electron chi connectivity index (χ1n) is 16.7. The molecule has 0 radical (unpaired) electrons. The van der Waals surface area contributed by atoms with Gasteiger partial charge in [-0.25, -0.2) is 9.67 Å². The van der Waals surface area contributed by atoms with Crippen LogP contribution in [0.15, 0.2) is 188 Å². The van der Waals surface area contributed by atoms with Crippen molar-refractivity contribution in [3.05, 3.63) is 227 Å². The van der Waals surface area contributed by atoms with E-state index in [2.05, 4.69) is 191 Å². The van der Waals surface area contributed by atoms with E-state index in [0.29, 0.717) is 16.8 Å². The molecule has 6 aromatic carbocycles. The molecular weight excluding hydrogens is 678 g/mol. The number of nitrogens with one attached hydrogen (secondary N) is 1. The summed E-state index contributed by atoms with van der Waals surface area (Å²) in [4.78, 5) is 5.45. The van der Waals surface area contributed by atoms with Crippen molar-refractivity contribution in [1.29, 1.82) is 0 Å². The molecule has 2 aromatic heterocycles. The molecule has 8 aromatic rings. The van der Waals surface area contributed by atoms with Gasteiger partial charge in [0, 0.05) is 5.33 Å². The summed E-state index contributed by atoms with van der Waals surface area (Å²) in [7, 11) is 0. The summed E-state index contributed by atoms with van der Waals surface area (Å²) in [5.41, 5.74) is 7.20. The van der Waals surface area contributed by atoms with Gasteiger partial charge in [0.25, 0.3) is 0 Å². The molecule has 0 saturated heterocycles. The van der Waals surface area contributed by atoms with Crippen molar-refractivity contribution in [1.82, 2.24) is 20.0 Å². The molecule has 0 aliphatic carbocycles. The zero-order chi connectivity index (χ0) is 33.8. The molecule has 0 fully saturated rings. The number of benzene rings is 6. The van der Waals surface area contributed by atoms with Crippen LogP contribution >= 0.6 is 15.9 Å². The first-order valence-corrected chi connectivity index (χ1v) is 17.8. The summed E-state index contributed by atoms with van der Waals surface area (Å²) in [6, 6.07) is 65.4. The lowest BCUT2D eigenvalue weighted by molar-refractivity contribution is 0.457. The minimum atomic E-state index is -0.872. The van der Waals surface area contributed by atoms with Crippen LogP contribution in [0.4, 0.5) is 5.82 Å². The highest BCUT2D eigenvalue weighted by Crippen LogP contribution is 2.44. The molecule has 0 saturated carbocycles. The largest absolute Gasteiger partial charge is 0.353 e. The van der Waals surface area contributed by atoms with Crippen LogP contribution in [0, 0.1) is 0 Å². The van der Waals surface area contributed by atoms with Gasteiger partial charge in [-0.1, -0.05) is 203 Å². The number of hydrogen-bond donors (Lipinski definition) is 1. The van der Waals surface area contributed by atoms with Gasteiger partial charge in [0.1, 0.15) is 22.4 Å². The zero-order valence-corrected chi connectivity index (χ0v) is 28.9. The first-order chi connectivity index (χ1) is 24.7. The van der Waals surface area contributed by atoms with Gasteiger partial charge in [0.2, 0.25) is 0 Å². The van der Waals surface area contributed by atoms with Crippen LogP contribution in [-0.2, 0) is 16.4 Å². The fraction of sp³-hybridized carbons (Fsp3) is 0.0682. The van der Waals surface area contributed by atoms with Crippen molar-refractivity contribution in [2.45, 2.75) is 16.4 Å². The van der Waals surface area contributed by atoms with Crippen LogP contribution in [0.1, 0.15) is 38.9 Å². The number of pyridine rings is 1. The topological polar surface area (TPSA) is 55.6 Å². The Kier molecular flexibility index (Phi) is 8.53. The lowest BCUT2D eigenvalue weighted by Crippen LogP contribution is -2.39. The second-order valence-corrected chi connectivity index (χ2v) is 12.8. The molecule has 1 N–H and O–H groups in total. The number of nitrogens with zero attached hydrogens (tertiary/aromatic N) is 4. The second-order valence-electron chi connectivity index (χ2n) is 12.3. The summed E-state index contributed by atoms with van der Waals surface area (Å²) in [5, 5.41) is 14.4. The molecule has 0 amide bonds. The van der Waals surface area contributed by atoms with Crippen molar-refractivity contribution in [3.8, 4) is 0 Å². The predicted octanol–water partition coefficient (Wildman–Crippen LogP) is 9.97. The Labute approximate surface area is 300 Å². The summed E-state index contributed by atoms with van der Waals surface area (Å²) >= 11 is 3.79. The molecule has 242 valence electrons. The number of alkyl halides is 1. The Hall–Kier alpha value is -5.85. The van der Waals surface area contributed by atoms with E-state index in [-0.39, 0.29) is 0 Å². The van der Waals surface area contributed by atoms with Crippen LogP contribution in [-0.4, -0.2) is 20.0 Å². The van der Waals surface area contributed by atoms with Crippen molar-refractivity contribution in [3.63, 3.8) is 0 Å². The molecule has 50 heavy (non-hydrogen) atoms. The summed E-state index contributed by atoms with van der Waals surface area (Å²) < 4.78 is 2.01. The van der Waals surface area contributed by atoms with Gasteiger partial charge in [-0.05, 0) is 45.0 Å². The normalized spacial score (nSPS) is 11.8. The van der Waals surface area contributed by atoms with Gasteiger partial charge in [0.15, 0.2) is 5.65 Å². The van der Waals surface area contributed by atoms with E-state index in [1.54, 1.807) is 0 Å². The van der Waals surface area contributed by atoms with Gasteiger partial charge >= 0.3 is 0 Å². The third-order valence-corrected chi connectivity index (χ3v) is 10.1. The molecular formula is C44H34BrN5. The SMILES string of the molecule is BrCc1cc(NC(c2ccccc2)(c2ccccc2)c2ccccc2)nc2c1nnn2C(c1ccccc1)(c1ccccc1)c1ccccc1. The molecule has 0 aliphatic rings. The predicted molar refractivity (Wildman–Crippen MR) is 205 cm³/mol. The monoisotopic (exact) mass is 711 g/mol. The fourth-order valence-electron chi connectivity index (χ4n) is 7.23. The third kappa shape index (κ3) is 5.29. The van der Waals surface area contributed by atoms with E-state index >= 15 is 0 Å². The first kappa shape index (κ1) is 31.4. The number of aromatic nitrogens is 4. The number of halogens is 1. The van der Waals surface area contributed by atoms with E-state index in [4.69, 9.17) is 15.3 Å². The number of anilines is 1. The quantitative estimate of drug-likeness (QED) is 0.113. The number of fused-ring (bicyclic) bond motifs is 1. The van der Waals surface area contributed by atoms with Gasteiger partial charge in [-0.2, -0.15) is 0 Å². The molecule has 0 aliphatic heterocycles. The van der Waals surface area contributed by atoms with Crippen molar-refractivity contribution in [2.24, 2.45) is 0 Å². The molecule has 0 unspecified atom stereocenters. The van der Waals surface area contributed by atoms with E-state index < -0.39 is 11.1 Å². The van der Waals surface area contributed by atoms with Crippen LogP contribution in [0.2, 0.25) is 0 Å². The van der Waals surface area contributed by atoms with E-state index in [1.165, 1.54) is 0 Å². The average Bonchev–Trinajstić information content (AvgIpc) is 3.63. The maximum Gasteiger partial charge on any atom is 0.182 e. The standard InChI is InChI=1S/C44H34BrN5/c45-32-33-31-40(47-43(34-19-7-1-8-20-34,35-21-9-2-10-22-35)36-23-11-3-12-24-36)46-42-41(33)48-49-50(42)44(37-25-13-4-14-26-37,38-27-15-5-16-28-38)39-29-17-6-18-30-39/h1-31H,32H2,(H,46,47). The molecule has 8 rings (SSSR count). The van der Waals surface area contributed by atoms with Crippen molar-refractivity contribution >= 4 is 32.9 Å². The van der Waals surface area contributed by atoms with Gasteiger partial charge in [-0.3, -0.25) is 0 Å². The molecule has 2 heterocycles. The highest BCUT2D eigenvalue weighted by Gasteiger charge is 2.42. The summed E-state index contributed by atoms with van der Waals surface area (Å²) in [5.74, 6) is 0.704. The van der Waals surface area contributed by atoms with E-state index in [1.807, 2.05) is 22.9 Å². The van der Waals surface area contributed by atoms with Crippen molar-refractivity contribution < 1.29 is 0 Å². The fourth-order valence-corrected chi connectivity index (χ4v) is 7.66. The number of rotatable bonds is 10. The lowest BCUT2D eigenvalue weighted by atomic mass is 9.77. The zero-order valence-electron chi connectivity index (χ0n) is 27.3. The number of hydrogen-bond acceptors (Lipinski definition) is 4. The van der Waals surface area contributed by atoms with E-state index in [0.717, 1.165) is 44.5 Å². The van der Waals surface area contributed by atoms with Crippen LogP contribution in [0.3, 0.4) is 0 Å². The Morgan fingerprint density at radius 3 is 1.22 bits per heavy atom. The maximum atomic E-state index is 5.45. The minimum absolute atomic E-state index is 0.573. The smallest absolute Gasteiger partial charge is 0.182 e. The highest BCUT2D eigenvalue weighted by atomic mass is 79.9. The summed E-state index contributed by atoms with van der Waals surface area (Å²) in [6.07, 6.45) is 0. The lowest BCUT2D eigenvalue weighted by Gasteiger charge is -2.38. The highest BCUT2D eigenvalue weighted by molar-refractivity contribution is 9.08. The molecule has 0 atom stereocenters. The van der Waals surface area contributed by atoms with Crippen LogP contribution < -0.4 is 5.32 Å². The minimum Gasteiger partial charge on any atom is -0.353 e. The van der Waals surface area contributed by atoms with Gasteiger partial charge in [-0.15, -0.1) is 5.10 Å². The van der Waals surface area contributed by atoms with Gasteiger partial charge < -0.3 is 5.32 Å². The summed E-state index contributed by atoms with van der Waals surface area (Å²) in [6.45, 7) is 0. The molecule has 5 nitrogen and oxygen atoms in total. The molecule has 0 bridgehead atoms.